The van der Waals surface area contributed by atoms with E-state index in [1.165, 1.54) is 25.7 Å². The first-order valence-corrected chi connectivity index (χ1v) is 8.19. The zero-order chi connectivity index (χ0) is 14.8. The lowest BCUT2D eigenvalue weighted by Crippen LogP contribution is -2.47. The lowest BCUT2D eigenvalue weighted by molar-refractivity contribution is 0.0883. The highest BCUT2D eigenvalue weighted by molar-refractivity contribution is 5.92. The Labute approximate surface area is 126 Å². The van der Waals surface area contributed by atoms with Crippen molar-refractivity contribution in [3.05, 3.63) is 17.5 Å². The minimum absolute atomic E-state index is 0.0115. The van der Waals surface area contributed by atoms with Crippen LogP contribution in [0.4, 0.5) is 0 Å². The van der Waals surface area contributed by atoms with Gasteiger partial charge in [0.25, 0.3) is 5.91 Å². The number of likely N-dealkylation sites (tertiary alicyclic amines) is 1. The first-order valence-electron chi connectivity index (χ1n) is 8.19. The molecular formula is C16H26N4O. The fraction of sp³-hybridized carbons (Fsp3) is 0.750. The van der Waals surface area contributed by atoms with Crippen LogP contribution in [0.3, 0.4) is 0 Å². The van der Waals surface area contributed by atoms with E-state index in [1.807, 2.05) is 20.0 Å². The predicted molar refractivity (Wildman–Crippen MR) is 82.3 cm³/mol. The van der Waals surface area contributed by atoms with Gasteiger partial charge in [0.05, 0.1) is 5.69 Å². The van der Waals surface area contributed by atoms with E-state index in [1.54, 1.807) is 4.68 Å². The number of piperidine rings is 1. The van der Waals surface area contributed by atoms with E-state index in [4.69, 9.17) is 0 Å². The first kappa shape index (κ1) is 14.6. The van der Waals surface area contributed by atoms with E-state index in [2.05, 4.69) is 15.3 Å². The maximum absolute atomic E-state index is 12.3. The second-order valence-corrected chi connectivity index (χ2v) is 6.52. The normalized spacial score (nSPS) is 21.8. The summed E-state index contributed by atoms with van der Waals surface area (Å²) >= 11 is 0. The molecule has 2 heterocycles. The van der Waals surface area contributed by atoms with Crippen LogP contribution in [0.5, 0.6) is 0 Å². The number of hydrogen-bond donors (Lipinski definition) is 1. The van der Waals surface area contributed by atoms with Crippen LogP contribution in [-0.4, -0.2) is 45.8 Å². The average Bonchev–Trinajstić information content (AvgIpc) is 3.09. The second-order valence-electron chi connectivity index (χ2n) is 6.52. The molecule has 1 saturated carbocycles. The van der Waals surface area contributed by atoms with Crippen molar-refractivity contribution in [2.45, 2.75) is 57.5 Å². The van der Waals surface area contributed by atoms with Crippen molar-refractivity contribution in [2.24, 2.45) is 7.05 Å². The molecule has 0 unspecified atom stereocenters. The Morgan fingerprint density at radius 1 is 1.24 bits per heavy atom. The van der Waals surface area contributed by atoms with Crippen LogP contribution in [0.25, 0.3) is 0 Å². The van der Waals surface area contributed by atoms with Crippen LogP contribution >= 0.6 is 0 Å². The number of carbonyl (C=O) groups is 1. The summed E-state index contributed by atoms with van der Waals surface area (Å²) in [7, 11) is 1.82. The Morgan fingerprint density at radius 2 is 1.90 bits per heavy atom. The quantitative estimate of drug-likeness (QED) is 0.924. The number of nitrogens with zero attached hydrogens (tertiary/aromatic N) is 3. The molecule has 1 aliphatic carbocycles. The Balaban J connectivity index is 1.51. The summed E-state index contributed by atoms with van der Waals surface area (Å²) in [5.41, 5.74) is 1.55. The smallest absolute Gasteiger partial charge is 0.269 e. The molecular weight excluding hydrogens is 264 g/mol. The van der Waals surface area contributed by atoms with Crippen LogP contribution < -0.4 is 5.32 Å². The summed E-state index contributed by atoms with van der Waals surface area (Å²) in [6.07, 6.45) is 7.65. The van der Waals surface area contributed by atoms with Crippen molar-refractivity contribution in [3.8, 4) is 0 Å². The van der Waals surface area contributed by atoms with Gasteiger partial charge >= 0.3 is 0 Å². The minimum Gasteiger partial charge on any atom is -0.348 e. The standard InChI is InChI=1S/C16H26N4O/c1-12-11-15(19(2)18-12)16(21)17-13-7-9-20(10-8-13)14-5-3-4-6-14/h11,13-14H,3-10H2,1-2H3,(H,17,21). The van der Waals surface area contributed by atoms with Crippen molar-refractivity contribution >= 4 is 5.91 Å². The van der Waals surface area contributed by atoms with Gasteiger partial charge in [-0.25, -0.2) is 0 Å². The summed E-state index contributed by atoms with van der Waals surface area (Å²) in [5.74, 6) is 0.0115. The number of rotatable bonds is 3. The van der Waals surface area contributed by atoms with Crippen LogP contribution in [0.1, 0.15) is 54.7 Å². The number of aryl methyl sites for hydroxylation is 2. The topological polar surface area (TPSA) is 50.2 Å². The molecule has 2 fully saturated rings. The Kier molecular flexibility index (Phi) is 4.29. The van der Waals surface area contributed by atoms with Crippen molar-refractivity contribution in [1.82, 2.24) is 20.0 Å². The maximum atomic E-state index is 12.3. The fourth-order valence-electron chi connectivity index (χ4n) is 3.76. The van der Waals surface area contributed by atoms with E-state index in [-0.39, 0.29) is 5.91 Å². The summed E-state index contributed by atoms with van der Waals surface area (Å²) in [5, 5.41) is 7.41. The molecule has 1 aliphatic heterocycles. The maximum Gasteiger partial charge on any atom is 0.269 e. The summed E-state index contributed by atoms with van der Waals surface area (Å²) in [4.78, 5) is 14.9. The molecule has 1 saturated heterocycles. The molecule has 0 bridgehead atoms. The molecule has 2 aliphatic rings. The fourth-order valence-corrected chi connectivity index (χ4v) is 3.76. The third kappa shape index (κ3) is 3.28. The van der Waals surface area contributed by atoms with Gasteiger partial charge in [-0.3, -0.25) is 9.48 Å². The second kappa shape index (κ2) is 6.18. The van der Waals surface area contributed by atoms with Gasteiger partial charge in [-0.2, -0.15) is 5.10 Å². The zero-order valence-electron chi connectivity index (χ0n) is 13.1. The van der Waals surface area contributed by atoms with Crippen LogP contribution in [0.2, 0.25) is 0 Å². The monoisotopic (exact) mass is 290 g/mol. The predicted octanol–water partition coefficient (Wildman–Crippen LogP) is 1.87. The minimum atomic E-state index is 0.0115. The highest BCUT2D eigenvalue weighted by atomic mass is 16.2. The van der Waals surface area contributed by atoms with Gasteiger partial charge in [0, 0.05) is 32.2 Å². The van der Waals surface area contributed by atoms with Crippen LogP contribution in [0, 0.1) is 6.92 Å². The molecule has 1 amide bonds. The summed E-state index contributed by atoms with van der Waals surface area (Å²) in [6.45, 7) is 4.16. The summed E-state index contributed by atoms with van der Waals surface area (Å²) in [6, 6.07) is 2.97. The van der Waals surface area contributed by atoms with Gasteiger partial charge in [0.2, 0.25) is 0 Å². The third-order valence-electron chi connectivity index (χ3n) is 4.94. The molecule has 3 rings (SSSR count). The molecule has 0 spiro atoms. The summed E-state index contributed by atoms with van der Waals surface area (Å²) < 4.78 is 1.67. The molecule has 0 atom stereocenters. The largest absolute Gasteiger partial charge is 0.348 e. The SMILES string of the molecule is Cc1cc(C(=O)NC2CCN(C3CCCC3)CC2)n(C)n1. The molecule has 0 radical (unpaired) electrons. The van der Waals surface area contributed by atoms with Crippen LogP contribution in [0.15, 0.2) is 6.07 Å². The molecule has 21 heavy (non-hydrogen) atoms. The lowest BCUT2D eigenvalue weighted by atomic mass is 10.0. The molecule has 0 aromatic carbocycles. The van der Waals surface area contributed by atoms with E-state index in [0.717, 1.165) is 37.7 Å². The van der Waals surface area contributed by atoms with Gasteiger partial charge in [-0.15, -0.1) is 0 Å². The van der Waals surface area contributed by atoms with Crippen molar-refractivity contribution in [3.63, 3.8) is 0 Å². The lowest BCUT2D eigenvalue weighted by Gasteiger charge is -2.36. The number of carbonyl (C=O) groups excluding carboxylic acids is 1. The molecule has 5 nitrogen and oxygen atoms in total. The third-order valence-corrected chi connectivity index (χ3v) is 4.94. The molecule has 1 aromatic heterocycles. The first-order chi connectivity index (χ1) is 10.1. The molecule has 5 heteroatoms. The van der Waals surface area contributed by atoms with Gasteiger partial charge in [-0.05, 0) is 38.7 Å². The van der Waals surface area contributed by atoms with Crippen LogP contribution in [-0.2, 0) is 7.05 Å². The highest BCUT2D eigenvalue weighted by Crippen LogP contribution is 2.26. The van der Waals surface area contributed by atoms with E-state index in [0.29, 0.717) is 11.7 Å². The van der Waals surface area contributed by atoms with Gasteiger partial charge in [-0.1, -0.05) is 12.8 Å². The van der Waals surface area contributed by atoms with E-state index in [9.17, 15) is 4.79 Å². The molecule has 1 N–H and O–H groups in total. The van der Waals surface area contributed by atoms with E-state index >= 15 is 0 Å². The van der Waals surface area contributed by atoms with Crippen molar-refractivity contribution in [1.29, 1.82) is 0 Å². The average molecular weight is 290 g/mol. The Bertz CT molecular complexity index is 496. The molecule has 1 aromatic rings. The van der Waals surface area contributed by atoms with Gasteiger partial charge in [0.15, 0.2) is 0 Å². The number of hydrogen-bond acceptors (Lipinski definition) is 3. The van der Waals surface area contributed by atoms with Crippen molar-refractivity contribution < 1.29 is 4.79 Å². The highest BCUT2D eigenvalue weighted by Gasteiger charge is 2.28. The molecule has 116 valence electrons. The van der Waals surface area contributed by atoms with Gasteiger partial charge < -0.3 is 10.2 Å². The van der Waals surface area contributed by atoms with E-state index < -0.39 is 0 Å². The van der Waals surface area contributed by atoms with Gasteiger partial charge in [0.1, 0.15) is 5.69 Å². The number of nitrogens with one attached hydrogen (secondary N) is 1. The number of aromatic nitrogens is 2. The Morgan fingerprint density at radius 3 is 2.48 bits per heavy atom. The Hall–Kier alpha value is -1.36. The van der Waals surface area contributed by atoms with Crippen molar-refractivity contribution in [2.75, 3.05) is 13.1 Å². The number of amides is 1. The zero-order valence-corrected chi connectivity index (χ0v) is 13.1.